The fourth-order valence-electron chi connectivity index (χ4n) is 12.1. The van der Waals surface area contributed by atoms with E-state index in [1.807, 2.05) is 0 Å². The number of rotatable bonds is 2. The maximum absolute atomic E-state index is 12.4. The van der Waals surface area contributed by atoms with E-state index in [2.05, 4.69) is 55.0 Å². The largest absolute Gasteiger partial charge is 0.462 e. The first-order valence-corrected chi connectivity index (χ1v) is 15.5. The molecular weight excluding hydrogens is 472 g/mol. The van der Waals surface area contributed by atoms with Crippen molar-refractivity contribution in [1.29, 1.82) is 0 Å². The lowest BCUT2D eigenvalue weighted by Gasteiger charge is -2.74. The Morgan fingerprint density at radius 2 is 1.39 bits per heavy atom. The molecule has 0 unspecified atom stereocenters. The SMILES string of the molecule is C=C1CC[C@@]2(C)[C@H]([C@@H]1C)[C@H]1CC[C@@H]3[C@@]4(C)CC[C@H](OC(C)=O)C(C)(C)[C@@H]4CC[C@@]3(C)[C@]1(C)C[C@@H]2OC(C)=O. The quantitative estimate of drug-likeness (QED) is 0.269. The fourth-order valence-corrected chi connectivity index (χ4v) is 12.1. The van der Waals surface area contributed by atoms with Gasteiger partial charge in [0, 0.05) is 24.7 Å². The van der Waals surface area contributed by atoms with Crippen molar-refractivity contribution in [3.05, 3.63) is 12.2 Å². The van der Waals surface area contributed by atoms with Crippen LogP contribution in [-0.4, -0.2) is 24.1 Å². The molecule has 0 bridgehead atoms. The lowest BCUT2D eigenvalue weighted by molar-refractivity contribution is -0.272. The highest BCUT2D eigenvalue weighted by Crippen LogP contribution is 2.77. The molecule has 5 fully saturated rings. The van der Waals surface area contributed by atoms with E-state index >= 15 is 0 Å². The molecule has 5 rings (SSSR count). The number of hydrogen-bond donors (Lipinski definition) is 0. The second-order valence-corrected chi connectivity index (χ2v) is 15.9. The Hall–Kier alpha value is -1.32. The van der Waals surface area contributed by atoms with E-state index in [9.17, 15) is 9.59 Å². The minimum Gasteiger partial charge on any atom is -0.462 e. The lowest BCUT2D eigenvalue weighted by Crippen LogP contribution is -2.69. The van der Waals surface area contributed by atoms with E-state index in [0.29, 0.717) is 29.6 Å². The van der Waals surface area contributed by atoms with E-state index in [-0.39, 0.29) is 51.2 Å². The molecule has 38 heavy (non-hydrogen) atoms. The van der Waals surface area contributed by atoms with Gasteiger partial charge in [-0.2, -0.15) is 0 Å². The summed E-state index contributed by atoms with van der Waals surface area (Å²) in [5.74, 6) is 2.47. The minimum absolute atomic E-state index is 0.00666. The smallest absolute Gasteiger partial charge is 0.302 e. The molecule has 5 aliphatic carbocycles. The summed E-state index contributed by atoms with van der Waals surface area (Å²) >= 11 is 0. The lowest BCUT2D eigenvalue weighted by atomic mass is 9.31. The monoisotopic (exact) mass is 526 g/mol. The van der Waals surface area contributed by atoms with Gasteiger partial charge in [0.05, 0.1) is 0 Å². The van der Waals surface area contributed by atoms with Crippen molar-refractivity contribution in [3.63, 3.8) is 0 Å². The van der Waals surface area contributed by atoms with Gasteiger partial charge in [-0.25, -0.2) is 0 Å². The van der Waals surface area contributed by atoms with Gasteiger partial charge in [0.1, 0.15) is 12.2 Å². The Balaban J connectivity index is 1.55. The summed E-state index contributed by atoms with van der Waals surface area (Å²) in [6.07, 6.45) is 10.1. The number of ether oxygens (including phenoxy) is 2. The maximum atomic E-state index is 12.4. The first-order chi connectivity index (χ1) is 17.5. The molecule has 4 nitrogen and oxygen atoms in total. The molecule has 4 heteroatoms. The van der Waals surface area contributed by atoms with E-state index in [1.54, 1.807) is 13.8 Å². The molecule has 0 aromatic carbocycles. The third kappa shape index (κ3) is 3.66. The molecule has 5 saturated carbocycles. The van der Waals surface area contributed by atoms with Crippen LogP contribution in [-0.2, 0) is 19.1 Å². The van der Waals surface area contributed by atoms with Crippen LogP contribution in [0.1, 0.15) is 120 Å². The molecular formula is C34H54O4. The molecule has 0 aliphatic heterocycles. The van der Waals surface area contributed by atoms with Crippen LogP contribution < -0.4 is 0 Å². The van der Waals surface area contributed by atoms with E-state index < -0.39 is 0 Å². The van der Waals surface area contributed by atoms with Gasteiger partial charge < -0.3 is 9.47 Å². The summed E-state index contributed by atoms with van der Waals surface area (Å²) in [6, 6.07) is 0. The van der Waals surface area contributed by atoms with Crippen molar-refractivity contribution in [2.24, 2.45) is 56.7 Å². The summed E-state index contributed by atoms with van der Waals surface area (Å²) in [6.45, 7) is 25.0. The molecule has 0 N–H and O–H groups in total. The Kier molecular flexibility index (Phi) is 6.56. The normalized spacial score (nSPS) is 51.5. The number of fused-ring (bicyclic) bond motifs is 7. The zero-order valence-corrected chi connectivity index (χ0v) is 25.7. The Bertz CT molecular complexity index is 1010. The van der Waals surface area contributed by atoms with Gasteiger partial charge in [-0.05, 0) is 104 Å². The highest BCUT2D eigenvalue weighted by molar-refractivity contribution is 5.66. The molecule has 0 heterocycles. The van der Waals surface area contributed by atoms with Gasteiger partial charge in [0.2, 0.25) is 0 Å². The molecule has 11 atom stereocenters. The number of carbonyl (C=O) groups excluding carboxylic acids is 2. The van der Waals surface area contributed by atoms with Crippen LogP contribution in [0.3, 0.4) is 0 Å². The topological polar surface area (TPSA) is 52.6 Å². The second kappa shape index (κ2) is 8.84. The molecule has 5 aliphatic rings. The van der Waals surface area contributed by atoms with Crippen LogP contribution in [0.2, 0.25) is 0 Å². The van der Waals surface area contributed by atoms with Crippen LogP contribution in [0.5, 0.6) is 0 Å². The van der Waals surface area contributed by atoms with Gasteiger partial charge in [0.15, 0.2) is 0 Å². The standard InChI is InChI=1S/C34H54O4/c1-20-13-16-32(8)28(38-23(4)36)19-34(10)24(29(32)21(20)2)11-12-26-31(7)17-15-27(37-22(3)35)30(5,6)25(31)14-18-33(26,34)9/h21,24-29H,1,11-19H2,2-10H3/t21-,24-,25+,26-,27+,28+,29-,31+,32-,33-,34-/m1/s1. The van der Waals surface area contributed by atoms with Crippen molar-refractivity contribution in [2.75, 3.05) is 0 Å². The first-order valence-electron chi connectivity index (χ1n) is 15.5. The van der Waals surface area contributed by atoms with E-state index in [0.717, 1.165) is 32.1 Å². The van der Waals surface area contributed by atoms with E-state index in [4.69, 9.17) is 9.47 Å². The zero-order chi connectivity index (χ0) is 28.1. The second-order valence-electron chi connectivity index (χ2n) is 15.9. The number of allylic oxidation sites excluding steroid dienone is 1. The predicted molar refractivity (Wildman–Crippen MR) is 151 cm³/mol. The Labute approximate surface area is 232 Å². The number of esters is 2. The summed E-state index contributed by atoms with van der Waals surface area (Å²) in [4.78, 5) is 24.4. The Morgan fingerprint density at radius 3 is 2.03 bits per heavy atom. The molecule has 0 radical (unpaired) electrons. The summed E-state index contributed by atoms with van der Waals surface area (Å²) in [5.41, 5.74) is 1.90. The van der Waals surface area contributed by atoms with Gasteiger partial charge in [-0.15, -0.1) is 0 Å². The molecule has 0 saturated heterocycles. The molecule has 0 amide bonds. The highest BCUT2D eigenvalue weighted by atomic mass is 16.5. The van der Waals surface area contributed by atoms with Gasteiger partial charge >= 0.3 is 11.9 Å². The van der Waals surface area contributed by atoms with Crippen molar-refractivity contribution in [1.82, 2.24) is 0 Å². The summed E-state index contributed by atoms with van der Waals surface area (Å²) in [7, 11) is 0. The average Bonchev–Trinajstić information content (AvgIpc) is 2.79. The van der Waals surface area contributed by atoms with Gasteiger partial charge in [-0.3, -0.25) is 9.59 Å². The highest BCUT2D eigenvalue weighted by Gasteiger charge is 2.72. The predicted octanol–water partition coefficient (Wildman–Crippen LogP) is 8.14. The fraction of sp³-hybridized carbons (Fsp3) is 0.882. The number of hydrogen-bond acceptors (Lipinski definition) is 4. The van der Waals surface area contributed by atoms with Crippen LogP contribution >= 0.6 is 0 Å². The van der Waals surface area contributed by atoms with Crippen LogP contribution in [0.15, 0.2) is 12.2 Å². The third-order valence-electron chi connectivity index (χ3n) is 14.2. The average molecular weight is 527 g/mol. The van der Waals surface area contributed by atoms with Crippen LogP contribution in [0.4, 0.5) is 0 Å². The summed E-state index contributed by atoms with van der Waals surface area (Å²) < 4.78 is 12.2. The molecule has 0 spiro atoms. The van der Waals surface area contributed by atoms with Crippen LogP contribution in [0.25, 0.3) is 0 Å². The molecule has 0 aromatic heterocycles. The molecule has 0 aromatic rings. The van der Waals surface area contributed by atoms with Crippen molar-refractivity contribution >= 4 is 11.9 Å². The third-order valence-corrected chi connectivity index (χ3v) is 14.2. The zero-order valence-electron chi connectivity index (χ0n) is 25.7. The minimum atomic E-state index is -0.148. The Morgan fingerprint density at radius 1 is 0.763 bits per heavy atom. The van der Waals surface area contributed by atoms with Crippen LogP contribution in [0, 0.1) is 56.7 Å². The maximum Gasteiger partial charge on any atom is 0.302 e. The molecule has 214 valence electrons. The summed E-state index contributed by atoms with van der Waals surface area (Å²) in [5, 5.41) is 0. The van der Waals surface area contributed by atoms with Gasteiger partial charge in [-0.1, -0.05) is 60.6 Å². The van der Waals surface area contributed by atoms with E-state index in [1.165, 1.54) is 31.3 Å². The number of carbonyl (C=O) groups is 2. The van der Waals surface area contributed by atoms with Gasteiger partial charge in [0.25, 0.3) is 0 Å². The van der Waals surface area contributed by atoms with Crippen molar-refractivity contribution in [2.45, 2.75) is 132 Å². The van der Waals surface area contributed by atoms with Crippen molar-refractivity contribution < 1.29 is 19.1 Å². The van der Waals surface area contributed by atoms with Crippen molar-refractivity contribution in [3.8, 4) is 0 Å². The first kappa shape index (κ1) is 28.2.